The SMILES string of the molecule is COCc1cccc(OC)c1C(C)CO. The Kier molecular flexibility index (Phi) is 4.59. The summed E-state index contributed by atoms with van der Waals surface area (Å²) in [5, 5.41) is 9.20. The molecule has 1 N–H and O–H groups in total. The summed E-state index contributed by atoms with van der Waals surface area (Å²) < 4.78 is 10.4. The van der Waals surface area contributed by atoms with Crippen molar-refractivity contribution in [3.8, 4) is 5.75 Å². The maximum Gasteiger partial charge on any atom is 0.122 e. The van der Waals surface area contributed by atoms with E-state index in [1.165, 1.54) is 0 Å². The second-order valence-electron chi connectivity index (χ2n) is 3.55. The Bertz CT molecular complexity index is 310. The molecule has 1 atom stereocenters. The number of hydrogen-bond donors (Lipinski definition) is 1. The molecule has 0 aliphatic carbocycles. The summed E-state index contributed by atoms with van der Waals surface area (Å²) in [6, 6.07) is 5.83. The zero-order valence-electron chi connectivity index (χ0n) is 9.49. The van der Waals surface area contributed by atoms with Gasteiger partial charge < -0.3 is 14.6 Å². The van der Waals surface area contributed by atoms with Crippen molar-refractivity contribution in [2.24, 2.45) is 0 Å². The first-order valence-electron chi connectivity index (χ1n) is 5.00. The molecule has 0 fully saturated rings. The standard InChI is InChI=1S/C12H18O3/c1-9(7-13)12-10(8-14-2)5-4-6-11(12)15-3/h4-6,9,13H,7-8H2,1-3H3. The molecule has 1 rings (SSSR count). The third-order valence-corrected chi connectivity index (χ3v) is 2.44. The van der Waals surface area contributed by atoms with Gasteiger partial charge in [0.1, 0.15) is 5.75 Å². The molecule has 0 heterocycles. The highest BCUT2D eigenvalue weighted by Crippen LogP contribution is 2.30. The minimum atomic E-state index is 0.0614. The minimum absolute atomic E-state index is 0.0614. The Morgan fingerprint density at radius 2 is 2.07 bits per heavy atom. The molecule has 3 heteroatoms. The van der Waals surface area contributed by atoms with Crippen molar-refractivity contribution in [1.82, 2.24) is 0 Å². The van der Waals surface area contributed by atoms with E-state index < -0.39 is 0 Å². The number of hydrogen-bond acceptors (Lipinski definition) is 3. The topological polar surface area (TPSA) is 38.7 Å². The fourth-order valence-electron chi connectivity index (χ4n) is 1.70. The molecule has 0 spiro atoms. The summed E-state index contributed by atoms with van der Waals surface area (Å²) >= 11 is 0. The molecule has 0 radical (unpaired) electrons. The first kappa shape index (κ1) is 12.0. The molecular formula is C12H18O3. The maximum atomic E-state index is 9.20. The Labute approximate surface area is 90.6 Å². The van der Waals surface area contributed by atoms with Crippen LogP contribution in [0.1, 0.15) is 24.0 Å². The van der Waals surface area contributed by atoms with Gasteiger partial charge in [0.25, 0.3) is 0 Å². The molecule has 0 aliphatic rings. The van der Waals surface area contributed by atoms with Gasteiger partial charge in [-0.3, -0.25) is 0 Å². The number of methoxy groups -OCH3 is 2. The van der Waals surface area contributed by atoms with Gasteiger partial charge in [0.2, 0.25) is 0 Å². The van der Waals surface area contributed by atoms with E-state index in [9.17, 15) is 5.11 Å². The van der Waals surface area contributed by atoms with Gasteiger partial charge in [0.05, 0.1) is 13.7 Å². The van der Waals surface area contributed by atoms with Crippen LogP contribution in [0.15, 0.2) is 18.2 Å². The molecule has 1 aromatic rings. The van der Waals surface area contributed by atoms with Gasteiger partial charge in [0, 0.05) is 25.2 Å². The summed E-state index contributed by atoms with van der Waals surface area (Å²) in [5.74, 6) is 0.873. The molecule has 1 aromatic carbocycles. The first-order chi connectivity index (χ1) is 7.24. The predicted molar refractivity (Wildman–Crippen MR) is 59.2 cm³/mol. The van der Waals surface area contributed by atoms with Crippen molar-refractivity contribution >= 4 is 0 Å². The van der Waals surface area contributed by atoms with E-state index in [0.29, 0.717) is 6.61 Å². The Hall–Kier alpha value is -1.06. The third-order valence-electron chi connectivity index (χ3n) is 2.44. The van der Waals surface area contributed by atoms with Crippen LogP contribution in [-0.4, -0.2) is 25.9 Å². The van der Waals surface area contributed by atoms with Gasteiger partial charge in [0.15, 0.2) is 0 Å². The van der Waals surface area contributed by atoms with Crippen molar-refractivity contribution in [1.29, 1.82) is 0 Å². The average Bonchev–Trinajstić information content (AvgIpc) is 2.28. The zero-order valence-corrected chi connectivity index (χ0v) is 9.49. The second kappa shape index (κ2) is 5.73. The van der Waals surface area contributed by atoms with Gasteiger partial charge in [-0.15, -0.1) is 0 Å². The van der Waals surface area contributed by atoms with Gasteiger partial charge in [-0.1, -0.05) is 19.1 Å². The Morgan fingerprint density at radius 1 is 1.33 bits per heavy atom. The van der Waals surface area contributed by atoms with Crippen molar-refractivity contribution in [3.05, 3.63) is 29.3 Å². The van der Waals surface area contributed by atoms with Crippen LogP contribution in [0.2, 0.25) is 0 Å². The number of aliphatic hydroxyl groups excluding tert-OH is 1. The minimum Gasteiger partial charge on any atom is -0.496 e. The van der Waals surface area contributed by atoms with Gasteiger partial charge in [-0.05, 0) is 11.6 Å². The molecule has 0 amide bonds. The highest BCUT2D eigenvalue weighted by Gasteiger charge is 2.14. The largest absolute Gasteiger partial charge is 0.496 e. The van der Waals surface area contributed by atoms with E-state index in [1.807, 2.05) is 25.1 Å². The summed E-state index contributed by atoms with van der Waals surface area (Å²) in [6.45, 7) is 2.62. The van der Waals surface area contributed by atoms with Crippen LogP contribution in [0.5, 0.6) is 5.75 Å². The lowest BCUT2D eigenvalue weighted by atomic mass is 9.95. The van der Waals surface area contributed by atoms with E-state index in [2.05, 4.69) is 0 Å². The smallest absolute Gasteiger partial charge is 0.122 e. The lowest BCUT2D eigenvalue weighted by Gasteiger charge is -2.17. The lowest BCUT2D eigenvalue weighted by Crippen LogP contribution is -2.06. The van der Waals surface area contributed by atoms with E-state index in [1.54, 1.807) is 14.2 Å². The van der Waals surface area contributed by atoms with Crippen LogP contribution < -0.4 is 4.74 Å². The average molecular weight is 210 g/mol. The number of benzene rings is 1. The van der Waals surface area contributed by atoms with E-state index in [4.69, 9.17) is 9.47 Å². The van der Waals surface area contributed by atoms with Crippen molar-refractivity contribution < 1.29 is 14.6 Å². The van der Waals surface area contributed by atoms with Crippen molar-refractivity contribution in [2.75, 3.05) is 20.8 Å². The summed E-state index contributed by atoms with van der Waals surface area (Å²) in [5.41, 5.74) is 2.10. The molecular weight excluding hydrogens is 192 g/mol. The number of rotatable bonds is 5. The number of ether oxygens (including phenoxy) is 2. The fourth-order valence-corrected chi connectivity index (χ4v) is 1.70. The van der Waals surface area contributed by atoms with Crippen molar-refractivity contribution in [3.63, 3.8) is 0 Å². The molecule has 15 heavy (non-hydrogen) atoms. The van der Waals surface area contributed by atoms with Crippen LogP contribution >= 0.6 is 0 Å². The van der Waals surface area contributed by atoms with Gasteiger partial charge in [-0.25, -0.2) is 0 Å². The maximum absolute atomic E-state index is 9.20. The molecule has 1 unspecified atom stereocenters. The molecule has 0 bridgehead atoms. The molecule has 84 valence electrons. The molecule has 0 aromatic heterocycles. The summed E-state index contributed by atoms with van der Waals surface area (Å²) in [6.07, 6.45) is 0. The zero-order chi connectivity index (χ0) is 11.3. The van der Waals surface area contributed by atoms with Crippen LogP contribution in [0.25, 0.3) is 0 Å². The Morgan fingerprint density at radius 3 is 2.60 bits per heavy atom. The second-order valence-corrected chi connectivity index (χ2v) is 3.55. The monoisotopic (exact) mass is 210 g/mol. The van der Waals surface area contributed by atoms with E-state index in [0.717, 1.165) is 16.9 Å². The van der Waals surface area contributed by atoms with Crippen molar-refractivity contribution in [2.45, 2.75) is 19.4 Å². The summed E-state index contributed by atoms with van der Waals surface area (Å²) in [4.78, 5) is 0. The van der Waals surface area contributed by atoms with Crippen LogP contribution in [0, 0.1) is 0 Å². The molecule has 0 saturated carbocycles. The summed E-state index contributed by atoms with van der Waals surface area (Å²) in [7, 11) is 3.30. The highest BCUT2D eigenvalue weighted by molar-refractivity contribution is 5.42. The molecule has 0 aliphatic heterocycles. The quantitative estimate of drug-likeness (QED) is 0.807. The predicted octanol–water partition coefficient (Wildman–Crippen LogP) is 1.94. The first-order valence-corrected chi connectivity index (χ1v) is 5.00. The van der Waals surface area contributed by atoms with Gasteiger partial charge >= 0.3 is 0 Å². The van der Waals surface area contributed by atoms with Gasteiger partial charge in [-0.2, -0.15) is 0 Å². The van der Waals surface area contributed by atoms with Crippen LogP contribution in [-0.2, 0) is 11.3 Å². The lowest BCUT2D eigenvalue weighted by molar-refractivity contribution is 0.182. The normalized spacial score (nSPS) is 12.5. The third kappa shape index (κ3) is 2.70. The van der Waals surface area contributed by atoms with E-state index >= 15 is 0 Å². The van der Waals surface area contributed by atoms with Crippen LogP contribution in [0.3, 0.4) is 0 Å². The van der Waals surface area contributed by atoms with Crippen LogP contribution in [0.4, 0.5) is 0 Å². The highest BCUT2D eigenvalue weighted by atomic mass is 16.5. The fraction of sp³-hybridized carbons (Fsp3) is 0.500. The Balaban J connectivity index is 3.14. The molecule has 0 saturated heterocycles. The number of aliphatic hydroxyl groups is 1. The van der Waals surface area contributed by atoms with E-state index in [-0.39, 0.29) is 12.5 Å². The molecule has 3 nitrogen and oxygen atoms in total.